The van der Waals surface area contributed by atoms with E-state index in [-0.39, 0.29) is 17.6 Å². The Balaban J connectivity index is 1.49. The number of rotatable bonds is 4. The number of hydrogen-bond acceptors (Lipinski definition) is 6. The van der Waals surface area contributed by atoms with E-state index in [1.165, 1.54) is 11.6 Å². The molecule has 10 heteroatoms. The van der Waals surface area contributed by atoms with Crippen LogP contribution < -0.4 is 10.1 Å². The normalized spacial score (nSPS) is 25.5. The maximum absolute atomic E-state index is 13.3. The van der Waals surface area contributed by atoms with Gasteiger partial charge in [-0.1, -0.05) is 30.3 Å². The highest BCUT2D eigenvalue weighted by molar-refractivity contribution is 5.47. The van der Waals surface area contributed by atoms with Crippen LogP contribution in [0.5, 0.6) is 5.75 Å². The Labute approximate surface area is 188 Å². The first-order chi connectivity index (χ1) is 15.9. The highest BCUT2D eigenvalue weighted by Gasteiger charge is 2.49. The lowest BCUT2D eigenvalue weighted by Gasteiger charge is -2.41. The van der Waals surface area contributed by atoms with Crippen molar-refractivity contribution in [3.63, 3.8) is 0 Å². The second-order valence-electron chi connectivity index (χ2n) is 8.52. The van der Waals surface area contributed by atoms with Crippen LogP contribution in [-0.4, -0.2) is 46.1 Å². The molecular weight excluding hydrogens is 435 g/mol. The van der Waals surface area contributed by atoms with Crippen LogP contribution in [0.25, 0.3) is 5.69 Å². The predicted octanol–water partition coefficient (Wildman–Crippen LogP) is 4.06. The lowest BCUT2D eigenvalue weighted by molar-refractivity contribution is -0.146. The summed E-state index contributed by atoms with van der Waals surface area (Å²) in [5.41, 5.74) is 1.79. The van der Waals surface area contributed by atoms with E-state index in [4.69, 9.17) is 9.47 Å². The van der Waals surface area contributed by atoms with Crippen LogP contribution >= 0.6 is 0 Å². The molecular formula is C23H24F3N5O2. The molecule has 2 fully saturated rings. The zero-order valence-electron chi connectivity index (χ0n) is 18.0. The number of alkyl halides is 3. The van der Waals surface area contributed by atoms with Crippen LogP contribution in [0.4, 0.5) is 13.2 Å². The van der Waals surface area contributed by atoms with E-state index in [0.717, 1.165) is 31.4 Å². The summed E-state index contributed by atoms with van der Waals surface area (Å²) >= 11 is 0. The number of tetrazole rings is 1. The lowest BCUT2D eigenvalue weighted by atomic mass is 9.77. The summed E-state index contributed by atoms with van der Waals surface area (Å²) in [6, 6.07) is 15.1. The van der Waals surface area contributed by atoms with Gasteiger partial charge in [0.1, 0.15) is 5.75 Å². The maximum atomic E-state index is 13.3. The van der Waals surface area contributed by atoms with Crippen LogP contribution in [0.2, 0.25) is 0 Å². The van der Waals surface area contributed by atoms with Crippen molar-refractivity contribution in [2.45, 2.75) is 43.0 Å². The van der Waals surface area contributed by atoms with E-state index in [0.29, 0.717) is 17.0 Å². The molecule has 0 bridgehead atoms. The van der Waals surface area contributed by atoms with E-state index < -0.39 is 17.6 Å². The fourth-order valence-electron chi connectivity index (χ4n) is 5.12. The molecule has 33 heavy (non-hydrogen) atoms. The smallest absolute Gasteiger partial charge is 0.453 e. The third-order valence-electron chi connectivity index (χ3n) is 6.57. The standard InChI is InChI=1S/C23H24F3N5O2/c1-32-19-9-8-17(31-21(23(24,25)26)28-29-30-31)12-18(19)16-13-22(33-14-16)10-5-11-27-20(22)15-6-3-2-4-7-15/h2-4,6-9,12,16,20,27H,5,10-11,13-14H2,1H3/t16?,20-,22?/m0/s1. The highest BCUT2D eigenvalue weighted by Crippen LogP contribution is 2.49. The fraction of sp³-hybridized carbons (Fsp3) is 0.435. The van der Waals surface area contributed by atoms with E-state index in [9.17, 15) is 13.2 Å². The van der Waals surface area contributed by atoms with Gasteiger partial charge in [-0.15, -0.1) is 5.10 Å². The van der Waals surface area contributed by atoms with E-state index >= 15 is 0 Å². The SMILES string of the molecule is COc1ccc(-n2nnnc2C(F)(F)F)cc1C1COC2(CCCN[C@H]2c2ccccc2)C1. The fourth-order valence-corrected chi connectivity index (χ4v) is 5.12. The van der Waals surface area contributed by atoms with Gasteiger partial charge in [0.2, 0.25) is 0 Å². The maximum Gasteiger partial charge on any atom is 0.453 e. The predicted molar refractivity (Wildman–Crippen MR) is 113 cm³/mol. The summed E-state index contributed by atoms with van der Waals surface area (Å²) in [4.78, 5) is 0. The Morgan fingerprint density at radius 3 is 2.76 bits per heavy atom. The molecule has 1 aromatic heterocycles. The number of ether oxygens (including phenoxy) is 2. The molecule has 7 nitrogen and oxygen atoms in total. The minimum atomic E-state index is -4.67. The molecule has 2 aliphatic heterocycles. The molecule has 3 heterocycles. The first-order valence-corrected chi connectivity index (χ1v) is 10.9. The van der Waals surface area contributed by atoms with E-state index in [1.54, 1.807) is 19.2 Å². The number of hydrogen-bond donors (Lipinski definition) is 1. The third-order valence-corrected chi connectivity index (χ3v) is 6.57. The monoisotopic (exact) mass is 459 g/mol. The summed E-state index contributed by atoms with van der Waals surface area (Å²) in [5, 5.41) is 13.6. The van der Waals surface area contributed by atoms with Crippen LogP contribution in [0.1, 0.15) is 48.2 Å². The Kier molecular flexibility index (Phi) is 5.57. The van der Waals surface area contributed by atoms with Crippen molar-refractivity contribution in [3.05, 3.63) is 65.5 Å². The second-order valence-corrected chi connectivity index (χ2v) is 8.52. The van der Waals surface area contributed by atoms with Crippen LogP contribution in [-0.2, 0) is 10.9 Å². The summed E-state index contributed by atoms with van der Waals surface area (Å²) < 4.78 is 52.8. The van der Waals surface area contributed by atoms with Crippen molar-refractivity contribution < 1.29 is 22.6 Å². The van der Waals surface area contributed by atoms with Gasteiger partial charge in [-0.3, -0.25) is 0 Å². The topological polar surface area (TPSA) is 74.1 Å². The number of aromatic nitrogens is 4. The van der Waals surface area contributed by atoms with Crippen molar-refractivity contribution in [1.29, 1.82) is 0 Å². The van der Waals surface area contributed by atoms with Gasteiger partial charge in [-0.2, -0.15) is 17.9 Å². The average molecular weight is 459 g/mol. The summed E-state index contributed by atoms with van der Waals surface area (Å²) in [6.45, 7) is 1.36. The minimum Gasteiger partial charge on any atom is -0.496 e. The highest BCUT2D eigenvalue weighted by atomic mass is 19.4. The molecule has 2 unspecified atom stereocenters. The molecule has 1 spiro atoms. The van der Waals surface area contributed by atoms with Gasteiger partial charge in [0.05, 0.1) is 31.0 Å². The Hall–Kier alpha value is -2.98. The van der Waals surface area contributed by atoms with Crippen LogP contribution in [0.3, 0.4) is 0 Å². The van der Waals surface area contributed by atoms with E-state index in [2.05, 4.69) is 33.0 Å². The van der Waals surface area contributed by atoms with Crippen molar-refractivity contribution in [2.75, 3.05) is 20.3 Å². The average Bonchev–Trinajstić information content (AvgIpc) is 3.48. The minimum absolute atomic E-state index is 0.0444. The van der Waals surface area contributed by atoms with Crippen molar-refractivity contribution >= 4 is 0 Å². The molecule has 0 amide bonds. The quantitative estimate of drug-likeness (QED) is 0.635. The molecule has 2 aliphatic rings. The molecule has 2 saturated heterocycles. The van der Waals surface area contributed by atoms with Gasteiger partial charge in [0.15, 0.2) is 0 Å². The summed E-state index contributed by atoms with van der Waals surface area (Å²) in [5.74, 6) is -0.610. The molecule has 3 atom stereocenters. The van der Waals surface area contributed by atoms with Gasteiger partial charge in [-0.05, 0) is 60.0 Å². The zero-order valence-corrected chi connectivity index (χ0v) is 18.0. The number of halogens is 3. The van der Waals surface area contributed by atoms with Crippen molar-refractivity contribution in [1.82, 2.24) is 25.5 Å². The Morgan fingerprint density at radius 2 is 2.00 bits per heavy atom. The molecule has 0 saturated carbocycles. The van der Waals surface area contributed by atoms with Gasteiger partial charge in [0.25, 0.3) is 5.82 Å². The van der Waals surface area contributed by atoms with Gasteiger partial charge in [-0.25, -0.2) is 0 Å². The molecule has 174 valence electrons. The number of methoxy groups -OCH3 is 1. The number of benzene rings is 2. The molecule has 0 radical (unpaired) electrons. The Bertz CT molecular complexity index is 1120. The first-order valence-electron chi connectivity index (χ1n) is 10.9. The number of piperidine rings is 1. The molecule has 5 rings (SSSR count). The van der Waals surface area contributed by atoms with Gasteiger partial charge >= 0.3 is 6.18 Å². The molecule has 2 aromatic carbocycles. The third kappa shape index (κ3) is 3.97. The Morgan fingerprint density at radius 1 is 1.18 bits per heavy atom. The first kappa shape index (κ1) is 21.8. The van der Waals surface area contributed by atoms with Crippen molar-refractivity contribution in [3.8, 4) is 11.4 Å². The summed E-state index contributed by atoms with van der Waals surface area (Å²) in [7, 11) is 1.55. The van der Waals surface area contributed by atoms with Gasteiger partial charge in [0, 0.05) is 11.5 Å². The zero-order chi connectivity index (χ0) is 23.1. The number of nitrogens with zero attached hydrogens (tertiary/aromatic N) is 4. The molecule has 1 N–H and O–H groups in total. The summed E-state index contributed by atoms with van der Waals surface area (Å²) in [6.07, 6.45) is -2.04. The number of nitrogens with one attached hydrogen (secondary N) is 1. The lowest BCUT2D eigenvalue weighted by Crippen LogP contribution is -2.48. The molecule has 3 aromatic rings. The van der Waals surface area contributed by atoms with Crippen LogP contribution in [0, 0.1) is 0 Å². The van der Waals surface area contributed by atoms with E-state index in [1.807, 2.05) is 18.2 Å². The van der Waals surface area contributed by atoms with Crippen LogP contribution in [0.15, 0.2) is 48.5 Å². The van der Waals surface area contributed by atoms with Gasteiger partial charge < -0.3 is 14.8 Å². The molecule has 0 aliphatic carbocycles. The van der Waals surface area contributed by atoms with Crippen molar-refractivity contribution in [2.24, 2.45) is 0 Å². The second kappa shape index (κ2) is 8.42. The largest absolute Gasteiger partial charge is 0.496 e.